The summed E-state index contributed by atoms with van der Waals surface area (Å²) in [5, 5.41) is 7.87. The van der Waals surface area contributed by atoms with Crippen LogP contribution in [0.3, 0.4) is 0 Å². The van der Waals surface area contributed by atoms with Gasteiger partial charge in [0.25, 0.3) is 5.91 Å². The van der Waals surface area contributed by atoms with Crippen LogP contribution >= 0.6 is 23.4 Å². The first-order valence-corrected chi connectivity index (χ1v) is 10.7. The molecule has 0 unspecified atom stereocenters. The number of aryl methyl sites for hydroxylation is 1. The van der Waals surface area contributed by atoms with Crippen molar-refractivity contribution in [2.75, 3.05) is 5.32 Å². The molecule has 0 radical (unpaired) electrons. The number of amides is 1. The predicted molar refractivity (Wildman–Crippen MR) is 120 cm³/mol. The number of rotatable bonds is 6. The largest absolute Gasteiger partial charge is 0.321 e. The summed E-state index contributed by atoms with van der Waals surface area (Å²) >= 11 is 7.39. The van der Waals surface area contributed by atoms with E-state index in [2.05, 4.69) is 15.4 Å². The minimum atomic E-state index is -0.298. The van der Waals surface area contributed by atoms with Crippen molar-refractivity contribution in [3.05, 3.63) is 101 Å². The fourth-order valence-electron chi connectivity index (χ4n) is 2.90. The number of halogens is 2. The average Bonchev–Trinajstić information content (AvgIpc) is 3.10. The number of aromatic nitrogens is 3. The molecule has 0 aliphatic heterocycles. The first-order valence-electron chi connectivity index (χ1n) is 9.47. The van der Waals surface area contributed by atoms with Crippen molar-refractivity contribution < 1.29 is 9.18 Å². The van der Waals surface area contributed by atoms with Gasteiger partial charge in [-0.2, -0.15) is 4.98 Å². The zero-order valence-electron chi connectivity index (χ0n) is 16.5. The van der Waals surface area contributed by atoms with Crippen LogP contribution in [0.25, 0.3) is 0 Å². The number of benzene rings is 3. The van der Waals surface area contributed by atoms with Crippen LogP contribution in [0.4, 0.5) is 10.1 Å². The zero-order chi connectivity index (χ0) is 21.8. The smallest absolute Gasteiger partial charge is 0.255 e. The molecule has 0 bridgehead atoms. The Morgan fingerprint density at radius 3 is 2.52 bits per heavy atom. The fraction of sp³-hybridized carbons (Fsp3) is 0.0870. The Labute approximate surface area is 188 Å². The Balaban J connectivity index is 1.56. The highest BCUT2D eigenvalue weighted by Crippen LogP contribution is 2.33. The molecule has 4 aromatic rings. The molecule has 31 heavy (non-hydrogen) atoms. The molecule has 0 aliphatic carbocycles. The van der Waals surface area contributed by atoms with E-state index in [0.717, 1.165) is 16.0 Å². The number of para-hydroxylation sites is 1. The van der Waals surface area contributed by atoms with E-state index in [1.165, 1.54) is 23.9 Å². The second kappa shape index (κ2) is 9.32. The normalized spacial score (nSPS) is 10.8. The molecule has 1 aromatic heterocycles. The van der Waals surface area contributed by atoms with Gasteiger partial charge in [-0.15, -0.1) is 5.10 Å². The van der Waals surface area contributed by atoms with Crippen molar-refractivity contribution in [2.45, 2.75) is 23.5 Å². The van der Waals surface area contributed by atoms with Crippen molar-refractivity contribution in [1.82, 2.24) is 14.8 Å². The summed E-state index contributed by atoms with van der Waals surface area (Å²) < 4.78 is 14.8. The quantitative estimate of drug-likeness (QED) is 0.399. The van der Waals surface area contributed by atoms with Gasteiger partial charge in [0.2, 0.25) is 5.28 Å². The molecule has 3 aromatic carbocycles. The summed E-state index contributed by atoms with van der Waals surface area (Å²) in [6.45, 7) is 2.36. The molecule has 0 saturated carbocycles. The summed E-state index contributed by atoms with van der Waals surface area (Å²) in [5.41, 5.74) is 3.19. The van der Waals surface area contributed by atoms with Crippen LogP contribution in [0, 0.1) is 12.7 Å². The Morgan fingerprint density at radius 1 is 1.06 bits per heavy atom. The maximum atomic E-state index is 13.2. The molecule has 0 spiro atoms. The number of hydrogen-bond donors (Lipinski definition) is 1. The second-order valence-electron chi connectivity index (χ2n) is 6.87. The first-order chi connectivity index (χ1) is 15.0. The average molecular weight is 453 g/mol. The molecule has 4 rings (SSSR count). The molecule has 8 heteroatoms. The van der Waals surface area contributed by atoms with Crippen LogP contribution in [0.15, 0.2) is 82.8 Å². The topological polar surface area (TPSA) is 59.8 Å². The molecule has 1 heterocycles. The Bertz CT molecular complexity index is 1210. The van der Waals surface area contributed by atoms with E-state index in [9.17, 15) is 9.18 Å². The second-order valence-corrected chi connectivity index (χ2v) is 8.21. The first kappa shape index (κ1) is 21.1. The SMILES string of the molecule is Cc1ccc(C(=O)Nc2ccccc2Sc2nc(Cl)nn2Cc2ccc(F)cc2)cc1. The predicted octanol–water partition coefficient (Wildman–Crippen LogP) is 5.83. The third-order valence-electron chi connectivity index (χ3n) is 4.51. The van der Waals surface area contributed by atoms with Crippen molar-refractivity contribution in [3.8, 4) is 0 Å². The number of nitrogens with one attached hydrogen (secondary N) is 1. The maximum Gasteiger partial charge on any atom is 0.255 e. The minimum Gasteiger partial charge on any atom is -0.321 e. The number of carbonyl (C=O) groups excluding carboxylic acids is 1. The number of nitrogens with zero attached hydrogens (tertiary/aromatic N) is 3. The summed E-state index contributed by atoms with van der Waals surface area (Å²) in [6.07, 6.45) is 0. The molecule has 0 saturated heterocycles. The highest BCUT2D eigenvalue weighted by molar-refractivity contribution is 7.99. The van der Waals surface area contributed by atoms with Gasteiger partial charge in [-0.05, 0) is 72.2 Å². The number of anilines is 1. The van der Waals surface area contributed by atoms with E-state index in [4.69, 9.17) is 11.6 Å². The molecular formula is C23H18ClFN4OS. The lowest BCUT2D eigenvalue weighted by Gasteiger charge is -2.11. The van der Waals surface area contributed by atoms with Gasteiger partial charge >= 0.3 is 0 Å². The Kier molecular flexibility index (Phi) is 6.34. The van der Waals surface area contributed by atoms with Crippen LogP contribution in [-0.4, -0.2) is 20.7 Å². The lowest BCUT2D eigenvalue weighted by Crippen LogP contribution is -2.12. The zero-order valence-corrected chi connectivity index (χ0v) is 18.1. The van der Waals surface area contributed by atoms with Crippen LogP contribution in [0.1, 0.15) is 21.5 Å². The minimum absolute atomic E-state index is 0.116. The van der Waals surface area contributed by atoms with Gasteiger partial charge in [-0.25, -0.2) is 9.07 Å². The third-order valence-corrected chi connectivity index (χ3v) is 5.73. The number of carbonyl (C=O) groups is 1. The summed E-state index contributed by atoms with van der Waals surface area (Å²) in [5.74, 6) is -0.493. The van der Waals surface area contributed by atoms with E-state index in [0.29, 0.717) is 23.0 Å². The summed E-state index contributed by atoms with van der Waals surface area (Å²) in [4.78, 5) is 17.8. The monoisotopic (exact) mass is 452 g/mol. The molecule has 156 valence electrons. The van der Waals surface area contributed by atoms with Gasteiger partial charge in [0.15, 0.2) is 5.16 Å². The van der Waals surface area contributed by atoms with Gasteiger partial charge in [0.1, 0.15) is 5.82 Å². The Morgan fingerprint density at radius 2 is 1.77 bits per heavy atom. The van der Waals surface area contributed by atoms with Gasteiger partial charge in [-0.3, -0.25) is 4.79 Å². The molecule has 0 aliphatic rings. The molecule has 5 nitrogen and oxygen atoms in total. The van der Waals surface area contributed by atoms with E-state index < -0.39 is 0 Å². The molecule has 0 fully saturated rings. The van der Waals surface area contributed by atoms with Crippen molar-refractivity contribution in [2.24, 2.45) is 0 Å². The lowest BCUT2D eigenvalue weighted by atomic mass is 10.1. The van der Waals surface area contributed by atoms with Crippen LogP contribution in [0.5, 0.6) is 0 Å². The van der Waals surface area contributed by atoms with Crippen molar-refractivity contribution in [3.63, 3.8) is 0 Å². The highest BCUT2D eigenvalue weighted by Gasteiger charge is 2.15. The summed E-state index contributed by atoms with van der Waals surface area (Å²) in [7, 11) is 0. The van der Waals surface area contributed by atoms with Crippen molar-refractivity contribution in [1.29, 1.82) is 0 Å². The third kappa shape index (κ3) is 5.31. The van der Waals surface area contributed by atoms with Crippen molar-refractivity contribution >= 4 is 35.0 Å². The molecule has 1 amide bonds. The van der Waals surface area contributed by atoms with Crippen LogP contribution in [-0.2, 0) is 6.54 Å². The van der Waals surface area contributed by atoms with Gasteiger partial charge in [-0.1, -0.05) is 42.0 Å². The maximum absolute atomic E-state index is 13.2. The van der Waals surface area contributed by atoms with Gasteiger partial charge in [0.05, 0.1) is 12.2 Å². The van der Waals surface area contributed by atoms with E-state index in [1.54, 1.807) is 28.9 Å². The van der Waals surface area contributed by atoms with E-state index in [-0.39, 0.29) is 17.0 Å². The standard InChI is InChI=1S/C23H18ClFN4OS/c1-15-6-10-17(11-7-15)21(30)26-19-4-2-3-5-20(19)31-23-27-22(24)28-29(23)14-16-8-12-18(25)13-9-16/h2-13H,14H2,1H3,(H,26,30). The van der Waals surface area contributed by atoms with Crippen LogP contribution < -0.4 is 5.32 Å². The van der Waals surface area contributed by atoms with E-state index >= 15 is 0 Å². The summed E-state index contributed by atoms with van der Waals surface area (Å²) in [6, 6.07) is 21.0. The molecule has 1 N–H and O–H groups in total. The lowest BCUT2D eigenvalue weighted by molar-refractivity contribution is 0.102. The van der Waals surface area contributed by atoms with Crippen LogP contribution in [0.2, 0.25) is 5.28 Å². The fourth-order valence-corrected chi connectivity index (χ4v) is 4.04. The van der Waals surface area contributed by atoms with Gasteiger partial charge < -0.3 is 5.32 Å². The molecule has 0 atom stereocenters. The number of hydrogen-bond acceptors (Lipinski definition) is 4. The highest BCUT2D eigenvalue weighted by atomic mass is 35.5. The Hall–Kier alpha value is -3.16. The van der Waals surface area contributed by atoms with E-state index in [1.807, 2.05) is 43.3 Å². The van der Waals surface area contributed by atoms with Gasteiger partial charge in [0, 0.05) is 10.5 Å². The molecular weight excluding hydrogens is 435 g/mol.